The number of ether oxygens (including phenoxy) is 1. The Balaban J connectivity index is 4.24. The Morgan fingerprint density at radius 3 is 2.40 bits per heavy atom. The largest absolute Gasteiger partial charge is 0.550 e. The van der Waals surface area contributed by atoms with E-state index in [0.29, 0.717) is 11.0 Å². The molecule has 0 amide bonds. The van der Waals surface area contributed by atoms with Crippen LogP contribution in [0.25, 0.3) is 0 Å². The van der Waals surface area contributed by atoms with Gasteiger partial charge in [0.15, 0.2) is 6.10 Å². The number of nitrogens with zero attached hydrogens (tertiary/aromatic N) is 1. The van der Waals surface area contributed by atoms with Crippen molar-refractivity contribution in [1.29, 1.82) is 0 Å². The van der Waals surface area contributed by atoms with Crippen LogP contribution in [-0.4, -0.2) is 50.2 Å². The van der Waals surface area contributed by atoms with Crippen molar-refractivity contribution in [3.63, 3.8) is 0 Å². The maximum atomic E-state index is 11.7. The van der Waals surface area contributed by atoms with E-state index in [-0.39, 0.29) is 12.8 Å². The number of likely N-dealkylation sites (N-methyl/N-ethyl adjacent to an activating group) is 1. The Labute approximate surface area is 121 Å². The summed E-state index contributed by atoms with van der Waals surface area (Å²) in [5.74, 6) is -1.59. The number of quaternary nitrogens is 1. The highest BCUT2D eigenvalue weighted by molar-refractivity contribution is 5.72. The van der Waals surface area contributed by atoms with Gasteiger partial charge in [-0.15, -0.1) is 0 Å². The number of esters is 1. The van der Waals surface area contributed by atoms with Gasteiger partial charge >= 0.3 is 5.97 Å². The molecule has 0 spiro atoms. The molecular formula is C15H27NO4. The van der Waals surface area contributed by atoms with E-state index in [1.807, 2.05) is 27.2 Å². The molecule has 0 aliphatic carbocycles. The maximum Gasteiger partial charge on any atom is 0.310 e. The summed E-state index contributed by atoms with van der Waals surface area (Å²) in [6.45, 7) is 2.55. The number of allylic oxidation sites excluding steroid dienone is 1. The zero-order valence-corrected chi connectivity index (χ0v) is 13.1. The Hall–Kier alpha value is -1.36. The monoisotopic (exact) mass is 285 g/mol. The van der Waals surface area contributed by atoms with Gasteiger partial charge in [-0.3, -0.25) is 4.79 Å². The fourth-order valence-corrected chi connectivity index (χ4v) is 1.79. The molecule has 0 aliphatic heterocycles. The molecule has 0 heterocycles. The average Bonchev–Trinajstić information content (AvgIpc) is 2.25. The Bertz CT molecular complexity index is 331. The van der Waals surface area contributed by atoms with Gasteiger partial charge in [0.2, 0.25) is 0 Å². The number of hydrogen-bond donors (Lipinski definition) is 0. The molecule has 0 saturated heterocycles. The van der Waals surface area contributed by atoms with E-state index in [1.54, 1.807) is 6.08 Å². The van der Waals surface area contributed by atoms with E-state index in [9.17, 15) is 14.7 Å². The molecule has 0 radical (unpaired) electrons. The molecule has 5 heteroatoms. The number of carboxylic acids is 1. The van der Waals surface area contributed by atoms with Crippen molar-refractivity contribution < 1.29 is 23.9 Å². The van der Waals surface area contributed by atoms with Crippen molar-refractivity contribution in [2.45, 2.75) is 45.1 Å². The SMILES string of the molecule is CCCC/C=C/CC(=O)OC(CC(=O)[O-])C[N+](C)(C)C. The fraction of sp³-hybridized carbons (Fsp3) is 0.733. The first-order valence-corrected chi connectivity index (χ1v) is 7.09. The first kappa shape index (κ1) is 18.6. The summed E-state index contributed by atoms with van der Waals surface area (Å²) in [7, 11) is 5.75. The summed E-state index contributed by atoms with van der Waals surface area (Å²) >= 11 is 0. The minimum atomic E-state index is -1.20. The fourth-order valence-electron chi connectivity index (χ4n) is 1.79. The predicted molar refractivity (Wildman–Crippen MR) is 75.7 cm³/mol. The van der Waals surface area contributed by atoms with Crippen molar-refractivity contribution in [1.82, 2.24) is 0 Å². The lowest BCUT2D eigenvalue weighted by atomic mass is 10.2. The molecule has 0 fully saturated rings. The van der Waals surface area contributed by atoms with Crippen LogP contribution in [0.2, 0.25) is 0 Å². The molecule has 0 N–H and O–H groups in total. The second-order valence-electron chi connectivity index (χ2n) is 5.98. The lowest BCUT2D eigenvalue weighted by Crippen LogP contribution is -2.45. The van der Waals surface area contributed by atoms with Crippen molar-refractivity contribution in [3.05, 3.63) is 12.2 Å². The highest BCUT2D eigenvalue weighted by Crippen LogP contribution is 2.06. The summed E-state index contributed by atoms with van der Waals surface area (Å²) < 4.78 is 5.74. The van der Waals surface area contributed by atoms with Crippen LogP contribution >= 0.6 is 0 Å². The third-order valence-corrected chi connectivity index (χ3v) is 2.62. The second-order valence-corrected chi connectivity index (χ2v) is 5.98. The van der Waals surface area contributed by atoms with Crippen LogP contribution in [-0.2, 0) is 14.3 Å². The molecule has 116 valence electrons. The van der Waals surface area contributed by atoms with Crippen LogP contribution in [0.1, 0.15) is 39.0 Å². The van der Waals surface area contributed by atoms with Crippen LogP contribution in [0.15, 0.2) is 12.2 Å². The average molecular weight is 285 g/mol. The lowest BCUT2D eigenvalue weighted by molar-refractivity contribution is -0.873. The number of hydrogen-bond acceptors (Lipinski definition) is 4. The first-order chi connectivity index (χ1) is 9.24. The van der Waals surface area contributed by atoms with Gasteiger partial charge < -0.3 is 19.1 Å². The third-order valence-electron chi connectivity index (χ3n) is 2.62. The molecule has 0 aromatic rings. The van der Waals surface area contributed by atoms with Gasteiger partial charge in [0, 0.05) is 12.4 Å². The van der Waals surface area contributed by atoms with E-state index >= 15 is 0 Å². The van der Waals surface area contributed by atoms with Gasteiger partial charge in [-0.1, -0.05) is 31.9 Å². The minimum absolute atomic E-state index is 0.185. The van der Waals surface area contributed by atoms with Crippen molar-refractivity contribution in [2.75, 3.05) is 27.7 Å². The molecular weight excluding hydrogens is 258 g/mol. The smallest absolute Gasteiger partial charge is 0.310 e. The molecule has 0 aromatic heterocycles. The van der Waals surface area contributed by atoms with Crippen molar-refractivity contribution >= 4 is 11.9 Å². The topological polar surface area (TPSA) is 66.4 Å². The van der Waals surface area contributed by atoms with Crippen LogP contribution < -0.4 is 5.11 Å². The number of rotatable bonds is 10. The highest BCUT2D eigenvalue weighted by atomic mass is 16.5. The number of carbonyl (C=O) groups is 2. The Morgan fingerprint density at radius 2 is 1.90 bits per heavy atom. The number of aliphatic carboxylic acids is 1. The van der Waals surface area contributed by atoms with Gasteiger partial charge in [-0.25, -0.2) is 0 Å². The molecule has 0 aliphatic rings. The molecule has 0 bridgehead atoms. The summed E-state index contributed by atoms with van der Waals surface area (Å²) in [4.78, 5) is 22.3. The Kier molecular flexibility index (Phi) is 8.88. The van der Waals surface area contributed by atoms with Crippen LogP contribution in [0.5, 0.6) is 0 Å². The minimum Gasteiger partial charge on any atom is -0.550 e. The summed E-state index contributed by atoms with van der Waals surface area (Å²) in [5, 5.41) is 10.7. The van der Waals surface area contributed by atoms with E-state index in [1.165, 1.54) is 0 Å². The standard InChI is InChI=1S/C15H27NO4/c1-5-6-7-8-9-10-15(19)20-13(11-14(17)18)12-16(2,3)4/h8-9,13H,5-7,10-12H2,1-4H3/b9-8+. The number of carboxylic acid groups (broad SMARTS) is 1. The van der Waals surface area contributed by atoms with E-state index in [2.05, 4.69) is 6.92 Å². The van der Waals surface area contributed by atoms with Crippen molar-refractivity contribution in [3.8, 4) is 0 Å². The second kappa shape index (κ2) is 9.53. The number of unbranched alkanes of at least 4 members (excludes halogenated alkanes) is 2. The predicted octanol–water partition coefficient (Wildman–Crippen LogP) is 0.881. The zero-order valence-electron chi connectivity index (χ0n) is 13.1. The van der Waals surface area contributed by atoms with Gasteiger partial charge in [-0.2, -0.15) is 0 Å². The molecule has 0 saturated carbocycles. The van der Waals surface area contributed by atoms with Crippen LogP contribution in [0, 0.1) is 0 Å². The van der Waals surface area contributed by atoms with Gasteiger partial charge in [-0.05, 0) is 6.42 Å². The molecule has 0 aromatic carbocycles. The molecule has 1 atom stereocenters. The molecule has 20 heavy (non-hydrogen) atoms. The van der Waals surface area contributed by atoms with Crippen molar-refractivity contribution in [2.24, 2.45) is 0 Å². The lowest BCUT2D eigenvalue weighted by Gasteiger charge is -2.29. The van der Waals surface area contributed by atoms with Gasteiger partial charge in [0.1, 0.15) is 6.54 Å². The summed E-state index contributed by atoms with van der Waals surface area (Å²) in [6.07, 6.45) is 6.18. The summed E-state index contributed by atoms with van der Waals surface area (Å²) in [6, 6.07) is 0. The first-order valence-electron chi connectivity index (χ1n) is 7.09. The molecule has 5 nitrogen and oxygen atoms in total. The quantitative estimate of drug-likeness (QED) is 0.259. The van der Waals surface area contributed by atoms with Gasteiger partial charge in [0.25, 0.3) is 0 Å². The van der Waals surface area contributed by atoms with Crippen LogP contribution in [0.3, 0.4) is 0 Å². The third kappa shape index (κ3) is 11.7. The maximum absolute atomic E-state index is 11.7. The van der Waals surface area contributed by atoms with Crippen LogP contribution in [0.4, 0.5) is 0 Å². The van der Waals surface area contributed by atoms with E-state index in [4.69, 9.17) is 4.74 Å². The number of carbonyl (C=O) groups excluding carboxylic acids is 2. The molecule has 0 rings (SSSR count). The van der Waals surface area contributed by atoms with E-state index in [0.717, 1.165) is 19.3 Å². The zero-order chi connectivity index (χ0) is 15.6. The normalized spacial score (nSPS) is 13.4. The molecule has 1 unspecified atom stereocenters. The van der Waals surface area contributed by atoms with Gasteiger partial charge in [0.05, 0.1) is 27.6 Å². The van der Waals surface area contributed by atoms with E-state index < -0.39 is 18.0 Å². The Morgan fingerprint density at radius 1 is 1.25 bits per heavy atom. The highest BCUT2D eigenvalue weighted by Gasteiger charge is 2.21. The summed E-state index contributed by atoms with van der Waals surface area (Å²) in [5.41, 5.74) is 0.